The number of carbonyl (C=O) groups is 1. The number of anilines is 1. The summed E-state index contributed by atoms with van der Waals surface area (Å²) in [5, 5.41) is 4.15. The average molecular weight is 375 g/mol. The van der Waals surface area contributed by atoms with Gasteiger partial charge in [-0.05, 0) is 49.7 Å². The van der Waals surface area contributed by atoms with Crippen molar-refractivity contribution in [3.05, 3.63) is 74.0 Å². The van der Waals surface area contributed by atoms with Crippen LogP contribution in [-0.2, 0) is 6.54 Å². The lowest BCUT2D eigenvalue weighted by Gasteiger charge is -2.12. The number of nitrogens with zero attached hydrogens (tertiary/aromatic N) is 1. The Kier molecular flexibility index (Phi) is 4.84. The van der Waals surface area contributed by atoms with E-state index < -0.39 is 5.91 Å². The fourth-order valence-electron chi connectivity index (χ4n) is 2.66. The third-order valence-corrected chi connectivity index (χ3v) is 4.70. The molecule has 0 aliphatic carbocycles. The molecule has 0 unspecified atom stereocenters. The minimum atomic E-state index is -0.478. The van der Waals surface area contributed by atoms with Crippen LogP contribution in [0.15, 0.2) is 47.4 Å². The van der Waals surface area contributed by atoms with Gasteiger partial charge in [-0.15, -0.1) is 0 Å². The number of pyridine rings is 1. The Bertz CT molecular complexity index is 1040. The molecule has 0 saturated carbocycles. The number of hydrogen-bond donors (Lipinski definition) is 1. The molecule has 0 saturated heterocycles. The minimum absolute atomic E-state index is 0.0633. The zero-order chi connectivity index (χ0) is 18.1. The molecule has 1 N–H and O–H groups in total. The van der Waals surface area contributed by atoms with Crippen molar-refractivity contribution in [2.75, 3.05) is 5.32 Å². The highest BCUT2D eigenvalue weighted by Crippen LogP contribution is 2.21. The molecule has 0 aliphatic rings. The highest BCUT2D eigenvalue weighted by molar-refractivity contribution is 6.32. The minimum Gasteiger partial charge on any atom is -0.347 e. The Morgan fingerprint density at radius 2 is 1.92 bits per heavy atom. The van der Waals surface area contributed by atoms with E-state index in [4.69, 9.17) is 23.2 Å². The number of carbonyl (C=O) groups excluding carboxylic acids is 1. The van der Waals surface area contributed by atoms with Gasteiger partial charge in [0.25, 0.3) is 5.91 Å². The first kappa shape index (κ1) is 17.5. The lowest BCUT2D eigenvalue weighted by molar-refractivity contribution is 0.102. The van der Waals surface area contributed by atoms with Gasteiger partial charge in [0.15, 0.2) is 0 Å². The Balaban J connectivity index is 2.08. The van der Waals surface area contributed by atoms with E-state index in [0.29, 0.717) is 27.7 Å². The maximum Gasteiger partial charge on any atom is 0.261 e. The van der Waals surface area contributed by atoms with Gasteiger partial charge < -0.3 is 9.88 Å². The monoisotopic (exact) mass is 374 g/mol. The van der Waals surface area contributed by atoms with Crippen LogP contribution in [0, 0.1) is 6.92 Å². The number of aromatic nitrogens is 1. The molecule has 25 heavy (non-hydrogen) atoms. The van der Waals surface area contributed by atoms with Crippen LogP contribution >= 0.6 is 23.2 Å². The Morgan fingerprint density at radius 1 is 1.16 bits per heavy atom. The predicted octanol–water partition coefficient (Wildman–Crippen LogP) is 4.89. The lowest BCUT2D eigenvalue weighted by atomic mass is 10.1. The Labute approximate surface area is 155 Å². The highest BCUT2D eigenvalue weighted by atomic mass is 35.5. The van der Waals surface area contributed by atoms with Gasteiger partial charge in [0.2, 0.25) is 5.43 Å². The summed E-state index contributed by atoms with van der Waals surface area (Å²) in [5.74, 6) is -0.478. The van der Waals surface area contributed by atoms with Crippen molar-refractivity contribution in [3.63, 3.8) is 0 Å². The van der Waals surface area contributed by atoms with Crippen LogP contribution in [0.4, 0.5) is 5.69 Å². The average Bonchev–Trinajstić information content (AvgIpc) is 2.59. The first-order valence-electron chi connectivity index (χ1n) is 7.81. The van der Waals surface area contributed by atoms with Gasteiger partial charge in [-0.3, -0.25) is 9.59 Å². The van der Waals surface area contributed by atoms with Crippen LogP contribution in [0.1, 0.15) is 22.8 Å². The van der Waals surface area contributed by atoms with Crippen molar-refractivity contribution in [1.29, 1.82) is 0 Å². The normalized spacial score (nSPS) is 10.9. The second-order valence-corrected chi connectivity index (χ2v) is 6.58. The predicted molar refractivity (Wildman–Crippen MR) is 103 cm³/mol. The Hall–Kier alpha value is -2.30. The molecule has 3 aromatic rings. The summed E-state index contributed by atoms with van der Waals surface area (Å²) >= 11 is 12.1. The van der Waals surface area contributed by atoms with Crippen molar-refractivity contribution in [1.82, 2.24) is 4.57 Å². The van der Waals surface area contributed by atoms with Gasteiger partial charge >= 0.3 is 0 Å². The van der Waals surface area contributed by atoms with Gasteiger partial charge in [-0.25, -0.2) is 0 Å². The molecule has 1 amide bonds. The largest absolute Gasteiger partial charge is 0.347 e. The van der Waals surface area contributed by atoms with Crippen molar-refractivity contribution in [2.45, 2.75) is 20.4 Å². The van der Waals surface area contributed by atoms with Crippen molar-refractivity contribution < 1.29 is 4.79 Å². The molecule has 1 aromatic heterocycles. The topological polar surface area (TPSA) is 51.1 Å². The third kappa shape index (κ3) is 3.41. The lowest BCUT2D eigenvalue weighted by Crippen LogP contribution is -2.23. The van der Waals surface area contributed by atoms with Crippen LogP contribution < -0.4 is 10.7 Å². The van der Waals surface area contributed by atoms with E-state index in [9.17, 15) is 9.59 Å². The van der Waals surface area contributed by atoms with Gasteiger partial charge in [0, 0.05) is 33.9 Å². The number of halogens is 2. The van der Waals surface area contributed by atoms with Crippen LogP contribution in [0.3, 0.4) is 0 Å². The number of fused-ring (bicyclic) bond motifs is 1. The standard InChI is InChI=1S/C19H16Cl2N2O2/c1-3-23-10-15(18(24)14-8-12(20)5-7-17(14)23)19(25)22-13-6-4-11(2)16(21)9-13/h4-10H,3H2,1-2H3,(H,22,25). The molecule has 0 atom stereocenters. The summed E-state index contributed by atoms with van der Waals surface area (Å²) in [5.41, 5.74) is 1.90. The molecule has 4 nitrogen and oxygen atoms in total. The number of benzene rings is 2. The molecule has 0 spiro atoms. The first-order valence-corrected chi connectivity index (χ1v) is 8.56. The summed E-state index contributed by atoms with van der Waals surface area (Å²) in [7, 11) is 0. The van der Waals surface area contributed by atoms with E-state index >= 15 is 0 Å². The zero-order valence-electron chi connectivity index (χ0n) is 13.8. The molecule has 0 radical (unpaired) electrons. The van der Waals surface area contributed by atoms with Gasteiger partial charge in [0.1, 0.15) is 5.56 Å². The molecule has 2 aromatic carbocycles. The molecule has 1 heterocycles. The van der Waals surface area contributed by atoms with Crippen LogP contribution in [0.25, 0.3) is 10.9 Å². The summed E-state index contributed by atoms with van der Waals surface area (Å²) in [4.78, 5) is 25.4. The molecule has 3 rings (SSSR count). The van der Waals surface area contributed by atoms with E-state index in [2.05, 4.69) is 5.32 Å². The number of amides is 1. The zero-order valence-corrected chi connectivity index (χ0v) is 15.3. The smallest absolute Gasteiger partial charge is 0.261 e. The quantitative estimate of drug-likeness (QED) is 0.709. The van der Waals surface area contributed by atoms with E-state index in [1.165, 1.54) is 0 Å². The van der Waals surface area contributed by atoms with Crippen LogP contribution in [0.5, 0.6) is 0 Å². The van der Waals surface area contributed by atoms with Crippen molar-refractivity contribution in [2.24, 2.45) is 0 Å². The summed E-state index contributed by atoms with van der Waals surface area (Å²) < 4.78 is 1.85. The molecular weight excluding hydrogens is 359 g/mol. The van der Waals surface area contributed by atoms with E-state index in [-0.39, 0.29) is 11.0 Å². The fraction of sp³-hybridized carbons (Fsp3) is 0.158. The molecule has 0 aliphatic heterocycles. The van der Waals surface area contributed by atoms with Crippen molar-refractivity contribution >= 4 is 45.7 Å². The van der Waals surface area contributed by atoms with E-state index in [1.54, 1.807) is 36.5 Å². The van der Waals surface area contributed by atoms with E-state index in [0.717, 1.165) is 11.1 Å². The van der Waals surface area contributed by atoms with Crippen molar-refractivity contribution in [3.8, 4) is 0 Å². The molecule has 6 heteroatoms. The van der Waals surface area contributed by atoms with Gasteiger partial charge in [-0.1, -0.05) is 29.3 Å². The Morgan fingerprint density at radius 3 is 2.60 bits per heavy atom. The molecule has 0 bridgehead atoms. The summed E-state index contributed by atoms with van der Waals surface area (Å²) in [6.45, 7) is 4.44. The number of hydrogen-bond acceptors (Lipinski definition) is 2. The first-order chi connectivity index (χ1) is 11.9. The highest BCUT2D eigenvalue weighted by Gasteiger charge is 2.16. The van der Waals surface area contributed by atoms with Crippen LogP contribution in [0.2, 0.25) is 10.0 Å². The molecular formula is C19H16Cl2N2O2. The summed E-state index contributed by atoms with van der Waals surface area (Å²) in [6, 6.07) is 10.3. The second-order valence-electron chi connectivity index (χ2n) is 5.74. The number of aryl methyl sites for hydroxylation is 2. The number of rotatable bonds is 3. The maximum atomic E-state index is 12.7. The number of nitrogens with one attached hydrogen (secondary N) is 1. The molecule has 128 valence electrons. The fourth-order valence-corrected chi connectivity index (χ4v) is 3.01. The maximum absolute atomic E-state index is 12.7. The third-order valence-electron chi connectivity index (χ3n) is 4.06. The van der Waals surface area contributed by atoms with Gasteiger partial charge in [0.05, 0.1) is 5.52 Å². The SMILES string of the molecule is CCn1cc(C(=O)Nc2ccc(C)c(Cl)c2)c(=O)c2cc(Cl)ccc21. The second kappa shape index (κ2) is 6.90. The molecule has 0 fully saturated rings. The van der Waals surface area contributed by atoms with Gasteiger partial charge in [-0.2, -0.15) is 0 Å². The van der Waals surface area contributed by atoms with E-state index in [1.807, 2.05) is 24.5 Å². The van der Waals surface area contributed by atoms with Crippen LogP contribution in [-0.4, -0.2) is 10.5 Å². The summed E-state index contributed by atoms with van der Waals surface area (Å²) in [6.07, 6.45) is 1.57.